The largest absolute Gasteiger partial charge is 0.509 e. The standard InChI is InChI=1S/C78H59N4OSi.Pt/c1-52-25-21-28-55(45-52)66-50-79-73(46-53(66)2)82-67-41-17-15-37-64(67)74-70(82)49-71(77-75(74)65-38-16-20-44-72(65)84(77,60-33-11-7-12-34-60)61-35-13-8-14-36-61)83-59-32-23-31-58(48-59)80-51-81(69-43-19-18-42-68(69)80)76-62(54-26-9-6-10-27-54)39-24-40-63(76)56-29-22-30-57(47-56)78(3,4)5;/h6-47,50-51H,1-5H3;/q-3;/i1D3,2D3,6D,9D,10D,26D,27D;. The van der Waals surface area contributed by atoms with Gasteiger partial charge in [-0.1, -0.05) is 270 Å². The molecule has 13 aromatic rings. The molecule has 0 spiro atoms. The zero-order chi connectivity index (χ0) is 66.0. The van der Waals surface area contributed by atoms with Crippen LogP contribution in [-0.4, -0.2) is 17.6 Å². The summed E-state index contributed by atoms with van der Waals surface area (Å²) in [5, 5.41) is 6.11. The third kappa shape index (κ3) is 8.89. The second-order valence-corrected chi connectivity index (χ2v) is 26.0. The van der Waals surface area contributed by atoms with Crippen LogP contribution in [0.15, 0.2) is 261 Å². The summed E-state index contributed by atoms with van der Waals surface area (Å²) < 4.78 is 106. The van der Waals surface area contributed by atoms with Crippen molar-refractivity contribution in [3.8, 4) is 61.8 Å². The first-order valence-electron chi connectivity index (χ1n) is 33.5. The van der Waals surface area contributed by atoms with Crippen LogP contribution < -0.4 is 35.3 Å². The number of ether oxygens (including phenoxy) is 1. The molecule has 15 rings (SSSR count). The predicted molar refractivity (Wildman–Crippen MR) is 351 cm³/mol. The van der Waals surface area contributed by atoms with Gasteiger partial charge in [0.15, 0.2) is 0 Å². The summed E-state index contributed by atoms with van der Waals surface area (Å²) in [5.74, 6) is 1.09. The van der Waals surface area contributed by atoms with E-state index in [0.717, 1.165) is 76.2 Å². The number of rotatable bonds is 10. The van der Waals surface area contributed by atoms with E-state index in [0.29, 0.717) is 45.3 Å². The van der Waals surface area contributed by atoms with Gasteiger partial charge in [0, 0.05) is 86.3 Å². The Labute approximate surface area is 528 Å². The molecule has 7 heteroatoms. The van der Waals surface area contributed by atoms with Crippen molar-refractivity contribution >= 4 is 73.4 Å². The fraction of sp³-hybridized carbons (Fsp3) is 0.0769. The Bertz CT molecular complexity index is 5200. The van der Waals surface area contributed by atoms with E-state index in [1.165, 1.54) is 18.3 Å². The first-order valence-corrected chi connectivity index (χ1v) is 30.0. The van der Waals surface area contributed by atoms with Crippen LogP contribution in [-0.2, 0) is 26.5 Å². The minimum atomic E-state index is -3.42. The van der Waals surface area contributed by atoms with E-state index in [2.05, 4.69) is 124 Å². The summed E-state index contributed by atoms with van der Waals surface area (Å²) in [6.45, 7) is 3.34. The van der Waals surface area contributed by atoms with E-state index in [-0.39, 0.29) is 60.8 Å². The summed E-state index contributed by atoms with van der Waals surface area (Å²) in [7, 11) is -3.42. The Hall–Kier alpha value is -9.32. The van der Waals surface area contributed by atoms with Gasteiger partial charge in [0.1, 0.15) is 13.9 Å². The predicted octanol–water partition coefficient (Wildman–Crippen LogP) is 17.3. The number of aromatic nitrogens is 2. The SMILES string of the molecule is [2H]c1c([2H])c([2H])c(-c2cccc(-c3cccc(C(C)(C)C)c3)c2N2[CH-]N(c3[c-]c(Oc4[c-]c5c(c6c4[Si](c4ccccc4)(c4ccccc4)c4ccccc4-6)c4ccccc4n5-c4cc(C([2H])([2H])[2H])c(-c5cccc(C([2H])([2H])[2H])c5)cn4)ccc3)c3ccccc32)c([2H])c1[2H].[Pt]. The summed E-state index contributed by atoms with van der Waals surface area (Å²) in [6, 6.07) is 79.1. The van der Waals surface area contributed by atoms with Gasteiger partial charge in [-0.05, 0) is 82.2 Å². The monoisotopic (exact) mass is 1300 g/mol. The number of fused-ring (bicyclic) bond motifs is 8. The van der Waals surface area contributed by atoms with Crippen molar-refractivity contribution in [2.24, 2.45) is 0 Å². The first kappa shape index (κ1) is 42.5. The van der Waals surface area contributed by atoms with E-state index >= 15 is 0 Å². The van der Waals surface area contributed by atoms with Crippen molar-refractivity contribution in [2.45, 2.75) is 39.9 Å². The molecule has 2 aliphatic heterocycles. The minimum absolute atomic E-state index is 0. The maximum absolute atomic E-state index is 9.32. The number of hydrogen-bond donors (Lipinski definition) is 0. The van der Waals surface area contributed by atoms with Crippen molar-refractivity contribution in [3.05, 3.63) is 296 Å². The number of hydrogen-bond acceptors (Lipinski definition) is 4. The molecule has 0 amide bonds. The number of pyridine rings is 1. The van der Waals surface area contributed by atoms with Crippen molar-refractivity contribution in [1.82, 2.24) is 9.55 Å². The van der Waals surface area contributed by atoms with Crippen LogP contribution in [0.1, 0.15) is 52.5 Å². The van der Waals surface area contributed by atoms with Crippen LogP contribution in [0.2, 0.25) is 0 Å². The molecule has 0 saturated heterocycles. The van der Waals surface area contributed by atoms with Crippen LogP contribution in [0.5, 0.6) is 11.5 Å². The molecule has 0 radical (unpaired) electrons. The minimum Gasteiger partial charge on any atom is -0.509 e. The number of para-hydroxylation sites is 4. The molecule has 0 bridgehead atoms. The quantitative estimate of drug-likeness (QED) is 0.101. The van der Waals surface area contributed by atoms with Crippen molar-refractivity contribution in [2.75, 3.05) is 9.80 Å². The Morgan fingerprint density at radius 2 is 1.22 bits per heavy atom. The van der Waals surface area contributed by atoms with E-state index in [1.54, 1.807) is 18.2 Å². The molecule has 0 atom stereocenters. The summed E-state index contributed by atoms with van der Waals surface area (Å²) in [6.07, 6.45) is 1.52. The Morgan fingerprint density at radius 1 is 0.576 bits per heavy atom. The number of benzene rings is 11. The van der Waals surface area contributed by atoms with E-state index < -0.39 is 39.9 Å². The number of aryl methyl sites for hydroxylation is 2. The van der Waals surface area contributed by atoms with Gasteiger partial charge in [-0.15, -0.1) is 42.2 Å². The van der Waals surface area contributed by atoms with Gasteiger partial charge < -0.3 is 19.1 Å². The molecule has 2 aromatic heterocycles. The molecule has 0 unspecified atom stereocenters. The third-order valence-corrected chi connectivity index (χ3v) is 21.3. The topological polar surface area (TPSA) is 33.5 Å². The molecule has 414 valence electrons. The molecule has 11 aromatic carbocycles. The number of anilines is 4. The fourth-order valence-electron chi connectivity index (χ4n) is 12.8. The Balaban J connectivity index is 0.00000792. The van der Waals surface area contributed by atoms with Crippen LogP contribution in [0.25, 0.3) is 72.1 Å². The van der Waals surface area contributed by atoms with Crippen LogP contribution in [0.4, 0.5) is 22.7 Å². The fourth-order valence-corrected chi connectivity index (χ4v) is 18.0. The molecule has 85 heavy (non-hydrogen) atoms. The third-order valence-electron chi connectivity index (χ3n) is 16.5. The molecule has 0 N–H and O–H groups in total. The average Bonchev–Trinajstić information content (AvgIpc) is 1.51. The molecular weight excluding hydrogens is 1230 g/mol. The molecule has 2 aliphatic rings. The average molecular weight is 1300 g/mol. The van der Waals surface area contributed by atoms with Crippen LogP contribution >= 0.6 is 0 Å². The second-order valence-electron chi connectivity index (χ2n) is 22.4. The zero-order valence-electron chi connectivity index (χ0n) is 57.5. The smallest absolute Gasteiger partial charge is 0.135 e. The van der Waals surface area contributed by atoms with E-state index in [9.17, 15) is 2.74 Å². The molecular formula is C78H59N4OPtSi-3. The van der Waals surface area contributed by atoms with Crippen molar-refractivity contribution < 1.29 is 40.9 Å². The van der Waals surface area contributed by atoms with Crippen molar-refractivity contribution in [1.29, 1.82) is 0 Å². The maximum Gasteiger partial charge on any atom is 0.135 e. The second kappa shape index (κ2) is 21.4. The van der Waals surface area contributed by atoms with Gasteiger partial charge in [-0.3, -0.25) is 0 Å². The van der Waals surface area contributed by atoms with E-state index in [1.807, 2.05) is 124 Å². The molecule has 5 nitrogen and oxygen atoms in total. The van der Waals surface area contributed by atoms with Gasteiger partial charge in [0.25, 0.3) is 0 Å². The number of nitrogens with zero attached hydrogens (tertiary/aromatic N) is 4. The van der Waals surface area contributed by atoms with Gasteiger partial charge in [0.05, 0.1) is 6.85 Å². The molecule has 0 aliphatic carbocycles. The molecule has 4 heterocycles. The summed E-state index contributed by atoms with van der Waals surface area (Å²) >= 11 is 0. The maximum atomic E-state index is 9.32. The first-order chi connectivity index (χ1) is 45.6. The van der Waals surface area contributed by atoms with E-state index in [4.69, 9.17) is 22.1 Å². The van der Waals surface area contributed by atoms with Crippen LogP contribution in [0.3, 0.4) is 0 Å². The molecule has 0 saturated carbocycles. The summed E-state index contributed by atoms with van der Waals surface area (Å²) in [4.78, 5) is 9.13. The summed E-state index contributed by atoms with van der Waals surface area (Å²) in [5.41, 5.74) is 9.87. The van der Waals surface area contributed by atoms with Crippen LogP contribution in [0, 0.1) is 32.5 Å². The Kier molecular flexibility index (Phi) is 10.7. The zero-order valence-corrected chi connectivity index (χ0v) is 49.8. The van der Waals surface area contributed by atoms with Gasteiger partial charge >= 0.3 is 0 Å². The molecule has 0 fully saturated rings. The van der Waals surface area contributed by atoms with Gasteiger partial charge in [-0.25, -0.2) is 4.98 Å². The van der Waals surface area contributed by atoms with Crippen molar-refractivity contribution in [3.63, 3.8) is 0 Å². The normalized spacial score (nSPS) is 15.3. The van der Waals surface area contributed by atoms with Gasteiger partial charge in [-0.2, -0.15) is 6.07 Å². The Morgan fingerprint density at radius 3 is 1.98 bits per heavy atom. The van der Waals surface area contributed by atoms with Gasteiger partial charge in [0.2, 0.25) is 0 Å².